The van der Waals surface area contributed by atoms with Crippen molar-refractivity contribution in [2.45, 2.75) is 40.2 Å². The van der Waals surface area contributed by atoms with E-state index in [0.717, 1.165) is 16.8 Å². The molecule has 3 rings (SSSR count). The first-order valence-corrected chi connectivity index (χ1v) is 11.0. The number of esters is 1. The van der Waals surface area contributed by atoms with Gasteiger partial charge in [-0.25, -0.2) is 4.79 Å². The van der Waals surface area contributed by atoms with Crippen LogP contribution in [0.1, 0.15) is 44.4 Å². The van der Waals surface area contributed by atoms with Crippen molar-refractivity contribution in [1.29, 1.82) is 0 Å². The molecule has 0 aliphatic carbocycles. The molecule has 0 radical (unpaired) electrons. The fourth-order valence-corrected chi connectivity index (χ4v) is 3.39. The molecular weight excluding hydrogens is 410 g/mol. The van der Waals surface area contributed by atoms with E-state index < -0.39 is 5.97 Å². The maximum absolute atomic E-state index is 13.3. The summed E-state index contributed by atoms with van der Waals surface area (Å²) >= 11 is 0. The Morgan fingerprint density at radius 3 is 1.91 bits per heavy atom. The lowest BCUT2D eigenvalue weighted by Gasteiger charge is -2.27. The van der Waals surface area contributed by atoms with Crippen LogP contribution in [0.5, 0.6) is 5.75 Å². The van der Waals surface area contributed by atoms with Gasteiger partial charge in [0.15, 0.2) is 0 Å². The Balaban J connectivity index is 2.18. The van der Waals surface area contributed by atoms with E-state index >= 15 is 0 Å². The summed E-state index contributed by atoms with van der Waals surface area (Å²) in [6.45, 7) is 9.99. The third-order valence-electron chi connectivity index (χ3n) is 5.03. The summed E-state index contributed by atoms with van der Waals surface area (Å²) in [5, 5.41) is 14.9. The predicted octanol–water partition coefficient (Wildman–Crippen LogP) is 6.69. The van der Waals surface area contributed by atoms with Gasteiger partial charge in [0, 0.05) is 16.8 Å². The Kier molecular flexibility index (Phi) is 7.39. The molecule has 0 fully saturated rings. The quantitative estimate of drug-likeness (QED) is 0.147. The molecule has 0 atom stereocenters. The molecule has 0 saturated heterocycles. The van der Waals surface area contributed by atoms with Crippen molar-refractivity contribution in [3.8, 4) is 5.75 Å². The van der Waals surface area contributed by atoms with Gasteiger partial charge in [0.05, 0.1) is 0 Å². The highest BCUT2D eigenvalue weighted by Crippen LogP contribution is 2.29. The molecule has 0 saturated carbocycles. The fraction of sp³-hybridized carbons (Fsp3) is 0.207. The van der Waals surface area contributed by atoms with Crippen molar-refractivity contribution in [3.05, 3.63) is 113 Å². The van der Waals surface area contributed by atoms with Crippen molar-refractivity contribution in [2.24, 2.45) is 0 Å². The van der Waals surface area contributed by atoms with Crippen LogP contribution in [-0.2, 0) is 4.79 Å². The summed E-state index contributed by atoms with van der Waals surface area (Å²) in [5.74, 6) is -0.338. The summed E-state index contributed by atoms with van der Waals surface area (Å²) in [5.41, 5.74) is 3.79. The molecule has 4 nitrogen and oxygen atoms in total. The standard InChI is InChI=1S/C29H31NO3/c1-20-16-18-23(19-17-20)26(30-29(3,4)5)21(2)27(31)25(22-12-8-6-9-13-22)28(32)33-24-14-10-7-11-15-24/h6-19,30-31H,1-5H3/b26-21-,27-25+. The van der Waals surface area contributed by atoms with Gasteiger partial charge >= 0.3 is 5.97 Å². The van der Waals surface area contributed by atoms with Gasteiger partial charge in [-0.2, -0.15) is 0 Å². The third-order valence-corrected chi connectivity index (χ3v) is 5.03. The van der Waals surface area contributed by atoms with Gasteiger partial charge in [-0.15, -0.1) is 0 Å². The molecular formula is C29H31NO3. The second-order valence-corrected chi connectivity index (χ2v) is 9.03. The molecule has 2 N–H and O–H groups in total. The molecule has 0 bridgehead atoms. The van der Waals surface area contributed by atoms with Crippen LogP contribution in [-0.4, -0.2) is 16.6 Å². The van der Waals surface area contributed by atoms with E-state index in [1.807, 2.05) is 62.4 Å². The van der Waals surface area contributed by atoms with Crippen molar-refractivity contribution in [1.82, 2.24) is 5.32 Å². The molecule has 0 aliphatic rings. The summed E-state index contributed by atoms with van der Waals surface area (Å²) in [4.78, 5) is 13.3. The van der Waals surface area contributed by atoms with Crippen LogP contribution in [0.3, 0.4) is 0 Å². The first-order valence-electron chi connectivity index (χ1n) is 11.0. The van der Waals surface area contributed by atoms with Gasteiger partial charge in [0.1, 0.15) is 17.1 Å². The number of carbonyl (C=O) groups is 1. The second-order valence-electron chi connectivity index (χ2n) is 9.03. The number of para-hydroxylation sites is 1. The Hall–Kier alpha value is -3.79. The van der Waals surface area contributed by atoms with E-state index in [2.05, 4.69) is 26.1 Å². The maximum atomic E-state index is 13.3. The number of hydrogen-bond acceptors (Lipinski definition) is 4. The second kappa shape index (κ2) is 10.2. The zero-order chi connectivity index (χ0) is 24.0. The van der Waals surface area contributed by atoms with Crippen molar-refractivity contribution >= 4 is 17.2 Å². The Morgan fingerprint density at radius 1 is 0.818 bits per heavy atom. The SMILES string of the molecule is CC(=C(/NC(C)(C)C)c1ccc(C)cc1)/C(O)=C(\C(=O)Oc1ccccc1)c1ccccc1. The van der Waals surface area contributed by atoms with Crippen LogP contribution in [0.4, 0.5) is 0 Å². The van der Waals surface area contributed by atoms with Gasteiger partial charge < -0.3 is 15.2 Å². The molecule has 0 spiro atoms. The van der Waals surface area contributed by atoms with Crippen molar-refractivity contribution < 1.29 is 14.6 Å². The molecule has 0 unspecified atom stereocenters. The van der Waals surface area contributed by atoms with Gasteiger partial charge in [0.2, 0.25) is 0 Å². The average Bonchev–Trinajstić information content (AvgIpc) is 2.78. The van der Waals surface area contributed by atoms with Gasteiger partial charge in [0.25, 0.3) is 0 Å². The molecule has 3 aromatic rings. The summed E-state index contributed by atoms with van der Waals surface area (Å²) in [6.07, 6.45) is 0. The van der Waals surface area contributed by atoms with E-state index in [1.54, 1.807) is 36.4 Å². The fourth-order valence-electron chi connectivity index (χ4n) is 3.39. The van der Waals surface area contributed by atoms with Crippen LogP contribution in [0, 0.1) is 6.92 Å². The Morgan fingerprint density at radius 2 is 1.36 bits per heavy atom. The number of nitrogens with one attached hydrogen (secondary N) is 1. The average molecular weight is 442 g/mol. The van der Waals surface area contributed by atoms with Crippen molar-refractivity contribution in [2.75, 3.05) is 0 Å². The molecule has 3 aromatic carbocycles. The predicted molar refractivity (Wildman–Crippen MR) is 135 cm³/mol. The number of benzene rings is 3. The molecule has 170 valence electrons. The zero-order valence-electron chi connectivity index (χ0n) is 19.8. The third kappa shape index (κ3) is 6.36. The molecule has 0 aliphatic heterocycles. The lowest BCUT2D eigenvalue weighted by atomic mass is 9.96. The molecule has 0 aromatic heterocycles. The van der Waals surface area contributed by atoms with Crippen LogP contribution in [0.2, 0.25) is 0 Å². The summed E-state index contributed by atoms with van der Waals surface area (Å²) in [6, 6.07) is 26.0. The molecule has 0 amide bonds. The number of allylic oxidation sites excluding steroid dienone is 1. The number of hydrogen-bond donors (Lipinski definition) is 2. The first-order chi connectivity index (χ1) is 15.7. The van der Waals surface area contributed by atoms with Crippen LogP contribution < -0.4 is 10.1 Å². The lowest BCUT2D eigenvalue weighted by molar-refractivity contribution is -0.128. The highest BCUT2D eigenvalue weighted by Gasteiger charge is 2.24. The molecule has 4 heteroatoms. The molecule has 0 heterocycles. The monoisotopic (exact) mass is 441 g/mol. The largest absolute Gasteiger partial charge is 0.507 e. The van der Waals surface area contributed by atoms with E-state index in [1.165, 1.54) is 0 Å². The summed E-state index contributed by atoms with van der Waals surface area (Å²) in [7, 11) is 0. The zero-order valence-corrected chi connectivity index (χ0v) is 19.8. The van der Waals surface area contributed by atoms with Crippen LogP contribution >= 0.6 is 0 Å². The smallest absolute Gasteiger partial charge is 0.347 e. The van der Waals surface area contributed by atoms with Gasteiger partial charge in [-0.1, -0.05) is 78.4 Å². The highest BCUT2D eigenvalue weighted by molar-refractivity contribution is 6.18. The normalized spacial score (nSPS) is 13.0. The van der Waals surface area contributed by atoms with Crippen LogP contribution in [0.15, 0.2) is 96.3 Å². The van der Waals surface area contributed by atoms with Gasteiger partial charge in [-0.05, 0) is 57.9 Å². The van der Waals surface area contributed by atoms with Crippen LogP contribution in [0.25, 0.3) is 11.3 Å². The number of ether oxygens (including phenoxy) is 1. The van der Waals surface area contributed by atoms with Gasteiger partial charge in [-0.3, -0.25) is 0 Å². The minimum Gasteiger partial charge on any atom is -0.507 e. The van der Waals surface area contributed by atoms with E-state index in [4.69, 9.17) is 4.74 Å². The van der Waals surface area contributed by atoms with E-state index in [0.29, 0.717) is 16.9 Å². The highest BCUT2D eigenvalue weighted by atomic mass is 16.5. The van der Waals surface area contributed by atoms with E-state index in [-0.39, 0.29) is 16.9 Å². The minimum absolute atomic E-state index is 0.109. The Labute approximate surface area is 196 Å². The topological polar surface area (TPSA) is 58.6 Å². The number of aliphatic hydroxyl groups excluding tert-OH is 1. The number of carbonyl (C=O) groups excluding carboxylic acids is 1. The Bertz CT molecular complexity index is 1150. The first kappa shape index (κ1) is 23.9. The lowest BCUT2D eigenvalue weighted by Crippen LogP contribution is -2.35. The van der Waals surface area contributed by atoms with E-state index in [9.17, 15) is 9.90 Å². The number of aliphatic hydroxyl groups is 1. The maximum Gasteiger partial charge on any atom is 0.347 e. The minimum atomic E-state index is -0.622. The van der Waals surface area contributed by atoms with Crippen molar-refractivity contribution in [3.63, 3.8) is 0 Å². The molecule has 33 heavy (non-hydrogen) atoms. The summed E-state index contributed by atoms with van der Waals surface area (Å²) < 4.78 is 5.60. The number of aryl methyl sites for hydroxylation is 1. The number of rotatable bonds is 6.